The predicted molar refractivity (Wildman–Crippen MR) is 61.8 cm³/mol. The molecule has 0 atom stereocenters. The summed E-state index contributed by atoms with van der Waals surface area (Å²) in [6.07, 6.45) is 9.10. The number of carbonyl (C=O) groups is 1. The van der Waals surface area contributed by atoms with Crippen LogP contribution in [-0.2, 0) is 9.53 Å². The van der Waals surface area contributed by atoms with Gasteiger partial charge in [-0.15, -0.1) is 0 Å². The minimum absolute atomic E-state index is 0.149. The molecular weight excluding hydrogens is 188 g/mol. The van der Waals surface area contributed by atoms with E-state index in [-0.39, 0.29) is 5.78 Å². The van der Waals surface area contributed by atoms with Gasteiger partial charge in [-0.1, -0.05) is 6.08 Å². The summed E-state index contributed by atoms with van der Waals surface area (Å²) in [5.74, 6) is 0.733. The minimum Gasteiger partial charge on any atom is -0.376 e. The molecular formula is C13H22O2. The fourth-order valence-electron chi connectivity index (χ4n) is 2.07. The SMILES string of the molecule is CC(=O)C=CC1CCC(OC(C)C)CC1. The molecule has 1 saturated carbocycles. The molecule has 1 rings (SSSR count). The van der Waals surface area contributed by atoms with E-state index in [0.29, 0.717) is 18.1 Å². The second-order valence-electron chi connectivity index (χ2n) is 4.69. The van der Waals surface area contributed by atoms with Crippen molar-refractivity contribution in [2.45, 2.75) is 58.7 Å². The molecule has 0 aromatic heterocycles. The number of allylic oxidation sites excluding steroid dienone is 2. The molecule has 0 spiro atoms. The second-order valence-corrected chi connectivity index (χ2v) is 4.69. The average Bonchev–Trinajstić information content (AvgIpc) is 2.16. The van der Waals surface area contributed by atoms with E-state index in [0.717, 1.165) is 25.7 Å². The van der Waals surface area contributed by atoms with Crippen LogP contribution in [-0.4, -0.2) is 18.0 Å². The van der Waals surface area contributed by atoms with Crippen molar-refractivity contribution in [3.8, 4) is 0 Å². The van der Waals surface area contributed by atoms with Gasteiger partial charge >= 0.3 is 0 Å². The van der Waals surface area contributed by atoms with Crippen molar-refractivity contribution >= 4 is 5.78 Å². The van der Waals surface area contributed by atoms with Crippen LogP contribution >= 0.6 is 0 Å². The van der Waals surface area contributed by atoms with Crippen LogP contribution in [0.4, 0.5) is 0 Å². The van der Waals surface area contributed by atoms with E-state index in [4.69, 9.17) is 4.74 Å². The van der Waals surface area contributed by atoms with Gasteiger partial charge in [-0.3, -0.25) is 4.79 Å². The molecule has 15 heavy (non-hydrogen) atoms. The molecule has 1 aliphatic rings. The highest BCUT2D eigenvalue weighted by atomic mass is 16.5. The first-order valence-electron chi connectivity index (χ1n) is 5.92. The van der Waals surface area contributed by atoms with Gasteiger partial charge in [-0.25, -0.2) is 0 Å². The molecule has 2 nitrogen and oxygen atoms in total. The maximum absolute atomic E-state index is 10.8. The van der Waals surface area contributed by atoms with Crippen LogP contribution in [0, 0.1) is 5.92 Å². The second kappa shape index (κ2) is 6.06. The molecule has 2 heteroatoms. The van der Waals surface area contributed by atoms with Gasteiger partial charge in [0.1, 0.15) is 0 Å². The molecule has 0 amide bonds. The number of ketones is 1. The molecule has 0 saturated heterocycles. The fraction of sp³-hybridized carbons (Fsp3) is 0.769. The van der Waals surface area contributed by atoms with Crippen molar-refractivity contribution in [3.05, 3.63) is 12.2 Å². The number of ether oxygens (including phenoxy) is 1. The molecule has 0 N–H and O–H groups in total. The van der Waals surface area contributed by atoms with E-state index >= 15 is 0 Å². The van der Waals surface area contributed by atoms with Crippen molar-refractivity contribution in [1.29, 1.82) is 0 Å². The lowest BCUT2D eigenvalue weighted by Crippen LogP contribution is -2.23. The van der Waals surface area contributed by atoms with E-state index in [1.54, 1.807) is 13.0 Å². The van der Waals surface area contributed by atoms with E-state index < -0.39 is 0 Å². The Kier molecular flexibility index (Phi) is 5.03. The fourth-order valence-corrected chi connectivity index (χ4v) is 2.07. The van der Waals surface area contributed by atoms with Crippen molar-refractivity contribution < 1.29 is 9.53 Å². The van der Waals surface area contributed by atoms with Gasteiger partial charge in [0.05, 0.1) is 12.2 Å². The van der Waals surface area contributed by atoms with Gasteiger partial charge in [0.15, 0.2) is 5.78 Å². The first-order chi connectivity index (χ1) is 7.08. The van der Waals surface area contributed by atoms with E-state index in [9.17, 15) is 4.79 Å². The summed E-state index contributed by atoms with van der Waals surface area (Å²) in [5, 5.41) is 0. The summed E-state index contributed by atoms with van der Waals surface area (Å²) < 4.78 is 5.77. The molecule has 0 aromatic rings. The molecule has 0 bridgehead atoms. The molecule has 1 fully saturated rings. The summed E-state index contributed by atoms with van der Waals surface area (Å²) >= 11 is 0. The average molecular weight is 210 g/mol. The summed E-state index contributed by atoms with van der Waals surface area (Å²) in [5.41, 5.74) is 0. The summed E-state index contributed by atoms with van der Waals surface area (Å²) in [6, 6.07) is 0. The Morgan fingerprint density at radius 3 is 2.33 bits per heavy atom. The maximum atomic E-state index is 10.8. The van der Waals surface area contributed by atoms with E-state index in [1.165, 1.54) is 0 Å². The first-order valence-corrected chi connectivity index (χ1v) is 5.92. The van der Waals surface area contributed by atoms with Crippen LogP contribution < -0.4 is 0 Å². The lowest BCUT2D eigenvalue weighted by atomic mass is 9.87. The highest BCUT2D eigenvalue weighted by Crippen LogP contribution is 2.27. The zero-order valence-corrected chi connectivity index (χ0v) is 10.0. The molecule has 0 aromatic carbocycles. The predicted octanol–water partition coefficient (Wildman–Crippen LogP) is 3.12. The number of hydrogen-bond acceptors (Lipinski definition) is 2. The monoisotopic (exact) mass is 210 g/mol. The van der Waals surface area contributed by atoms with Crippen molar-refractivity contribution in [3.63, 3.8) is 0 Å². The normalized spacial score (nSPS) is 27.5. The van der Waals surface area contributed by atoms with Crippen molar-refractivity contribution in [2.24, 2.45) is 5.92 Å². The van der Waals surface area contributed by atoms with Gasteiger partial charge in [-0.05, 0) is 58.4 Å². The van der Waals surface area contributed by atoms with Crippen molar-refractivity contribution in [1.82, 2.24) is 0 Å². The van der Waals surface area contributed by atoms with Crippen LogP contribution in [0.2, 0.25) is 0 Å². The maximum Gasteiger partial charge on any atom is 0.152 e. The lowest BCUT2D eigenvalue weighted by molar-refractivity contribution is -0.112. The molecule has 0 unspecified atom stereocenters. The number of hydrogen-bond donors (Lipinski definition) is 0. The van der Waals surface area contributed by atoms with Crippen LogP contribution in [0.3, 0.4) is 0 Å². The first kappa shape index (κ1) is 12.4. The molecule has 86 valence electrons. The molecule has 1 aliphatic carbocycles. The summed E-state index contributed by atoms with van der Waals surface area (Å²) in [7, 11) is 0. The van der Waals surface area contributed by atoms with Crippen LogP contribution in [0.25, 0.3) is 0 Å². The van der Waals surface area contributed by atoms with Crippen LogP contribution in [0.15, 0.2) is 12.2 Å². The summed E-state index contributed by atoms with van der Waals surface area (Å²) in [4.78, 5) is 10.8. The highest BCUT2D eigenvalue weighted by molar-refractivity contribution is 5.87. The lowest BCUT2D eigenvalue weighted by Gasteiger charge is -2.28. The zero-order valence-electron chi connectivity index (χ0n) is 10.0. The topological polar surface area (TPSA) is 26.3 Å². The standard InChI is InChI=1S/C13H22O2/c1-10(2)15-13-8-6-12(7-9-13)5-4-11(3)14/h4-5,10,12-13H,6-9H2,1-3H3. The smallest absolute Gasteiger partial charge is 0.152 e. The zero-order chi connectivity index (χ0) is 11.3. The van der Waals surface area contributed by atoms with E-state index in [1.807, 2.05) is 0 Å². The Hall–Kier alpha value is -0.630. The minimum atomic E-state index is 0.149. The van der Waals surface area contributed by atoms with Crippen LogP contribution in [0.1, 0.15) is 46.5 Å². The third kappa shape index (κ3) is 5.12. The Morgan fingerprint density at radius 2 is 1.87 bits per heavy atom. The number of carbonyl (C=O) groups excluding carboxylic acids is 1. The Labute approximate surface area is 92.7 Å². The third-order valence-electron chi connectivity index (χ3n) is 2.79. The van der Waals surface area contributed by atoms with Gasteiger partial charge < -0.3 is 4.74 Å². The quantitative estimate of drug-likeness (QED) is 0.666. The number of rotatable bonds is 4. The van der Waals surface area contributed by atoms with Gasteiger partial charge in [-0.2, -0.15) is 0 Å². The molecule has 0 heterocycles. The highest BCUT2D eigenvalue weighted by Gasteiger charge is 2.20. The summed E-state index contributed by atoms with van der Waals surface area (Å²) in [6.45, 7) is 5.77. The molecule has 0 radical (unpaired) electrons. The Bertz CT molecular complexity index is 223. The largest absolute Gasteiger partial charge is 0.376 e. The van der Waals surface area contributed by atoms with Crippen molar-refractivity contribution in [2.75, 3.05) is 0 Å². The van der Waals surface area contributed by atoms with Crippen LogP contribution in [0.5, 0.6) is 0 Å². The van der Waals surface area contributed by atoms with Gasteiger partial charge in [0, 0.05) is 0 Å². The Morgan fingerprint density at radius 1 is 1.27 bits per heavy atom. The molecule has 0 aliphatic heterocycles. The third-order valence-corrected chi connectivity index (χ3v) is 2.79. The Balaban J connectivity index is 2.26. The van der Waals surface area contributed by atoms with Gasteiger partial charge in [0.25, 0.3) is 0 Å². The van der Waals surface area contributed by atoms with Gasteiger partial charge in [0.2, 0.25) is 0 Å². The van der Waals surface area contributed by atoms with E-state index in [2.05, 4.69) is 19.9 Å².